The summed E-state index contributed by atoms with van der Waals surface area (Å²) in [7, 11) is 0. The quantitative estimate of drug-likeness (QED) is 0.155. The molecule has 3 aromatic carbocycles. The molecule has 0 heterocycles. The predicted octanol–water partition coefficient (Wildman–Crippen LogP) is 5.36. The molecular weight excluding hydrogens is 472 g/mol. The average Bonchev–Trinajstić information content (AvgIpc) is 2.90. The van der Waals surface area contributed by atoms with Gasteiger partial charge in [-0.15, -0.1) is 0 Å². The third-order valence-electron chi connectivity index (χ3n) is 5.19. The fraction of sp³-hybridized carbons (Fsp3) is 0.276. The number of carbonyl (C=O) groups excluding carboxylic acids is 2. The van der Waals surface area contributed by atoms with Crippen molar-refractivity contribution in [3.63, 3.8) is 0 Å². The molecule has 1 N–H and O–H groups in total. The van der Waals surface area contributed by atoms with E-state index >= 15 is 0 Å². The number of hydrogen-bond acceptors (Lipinski definition) is 7. The highest BCUT2D eigenvalue weighted by Crippen LogP contribution is 2.29. The van der Waals surface area contributed by atoms with Gasteiger partial charge in [0.05, 0.1) is 25.0 Å². The van der Waals surface area contributed by atoms with Crippen LogP contribution in [0.1, 0.15) is 55.1 Å². The molecule has 1 amide bonds. The fourth-order valence-electron chi connectivity index (χ4n) is 3.28. The maximum absolute atomic E-state index is 12.6. The van der Waals surface area contributed by atoms with Gasteiger partial charge in [0.1, 0.15) is 11.5 Å². The molecular formula is C29H32N2O6. The van der Waals surface area contributed by atoms with Crippen LogP contribution < -0.4 is 24.4 Å². The molecule has 8 heteroatoms. The zero-order chi connectivity index (χ0) is 26.6. The number of carbonyl (C=O) groups is 2. The predicted molar refractivity (Wildman–Crippen MR) is 142 cm³/mol. The van der Waals surface area contributed by atoms with Crippen molar-refractivity contribution in [2.45, 2.75) is 33.6 Å². The summed E-state index contributed by atoms with van der Waals surface area (Å²) in [6, 6.07) is 19.3. The molecule has 8 nitrogen and oxygen atoms in total. The Hall–Kier alpha value is -4.33. The second kappa shape index (κ2) is 13.7. The first kappa shape index (κ1) is 27.3. The van der Waals surface area contributed by atoms with E-state index in [4.69, 9.17) is 18.9 Å². The molecule has 0 radical (unpaired) electrons. The van der Waals surface area contributed by atoms with E-state index in [0.29, 0.717) is 47.5 Å². The molecule has 0 aromatic heterocycles. The number of nitrogens with zero attached hydrogens (tertiary/aromatic N) is 1. The second-order valence-corrected chi connectivity index (χ2v) is 8.29. The Morgan fingerprint density at radius 3 is 2.14 bits per heavy atom. The number of hydrogen-bond donors (Lipinski definition) is 1. The molecule has 0 fully saturated rings. The molecule has 0 atom stereocenters. The smallest absolute Gasteiger partial charge is 0.343 e. The van der Waals surface area contributed by atoms with Crippen LogP contribution in [0.15, 0.2) is 71.8 Å². The van der Waals surface area contributed by atoms with Gasteiger partial charge in [-0.3, -0.25) is 4.79 Å². The summed E-state index contributed by atoms with van der Waals surface area (Å²) in [6.07, 6.45) is 1.47. The summed E-state index contributed by atoms with van der Waals surface area (Å²) in [5.74, 6) is 1.46. The van der Waals surface area contributed by atoms with E-state index in [1.165, 1.54) is 11.8 Å². The lowest BCUT2D eigenvalue weighted by Gasteiger charge is -2.11. The van der Waals surface area contributed by atoms with Gasteiger partial charge in [0.15, 0.2) is 18.1 Å². The van der Waals surface area contributed by atoms with E-state index in [2.05, 4.69) is 24.4 Å². The second-order valence-electron chi connectivity index (χ2n) is 8.29. The minimum absolute atomic E-state index is 0.164. The standard InChI is InChI=1S/C29H32N2O6/c1-5-34-24-14-10-23(11-15-24)29(33)37-26-16-7-21(17-27(26)35-6-2)18-30-31-28(32)19-36-25-12-8-22(9-13-25)20(3)4/h7-18,20H,5-6,19H2,1-4H3,(H,31,32)/b30-18+. The Bertz CT molecular complexity index is 1200. The third-order valence-corrected chi connectivity index (χ3v) is 5.19. The Morgan fingerprint density at radius 2 is 1.49 bits per heavy atom. The van der Waals surface area contributed by atoms with Gasteiger partial charge in [-0.25, -0.2) is 10.2 Å². The molecule has 3 aromatic rings. The van der Waals surface area contributed by atoms with E-state index in [1.807, 2.05) is 38.1 Å². The molecule has 37 heavy (non-hydrogen) atoms. The maximum Gasteiger partial charge on any atom is 0.343 e. The summed E-state index contributed by atoms with van der Waals surface area (Å²) >= 11 is 0. The van der Waals surface area contributed by atoms with Crippen LogP contribution in [-0.2, 0) is 4.79 Å². The number of benzene rings is 3. The minimum atomic E-state index is -0.517. The van der Waals surface area contributed by atoms with Gasteiger partial charge in [0.25, 0.3) is 5.91 Å². The van der Waals surface area contributed by atoms with Crippen molar-refractivity contribution in [2.24, 2.45) is 5.10 Å². The maximum atomic E-state index is 12.6. The van der Waals surface area contributed by atoms with Crippen LogP contribution in [0.25, 0.3) is 0 Å². The number of esters is 1. The van der Waals surface area contributed by atoms with Crippen molar-refractivity contribution in [1.82, 2.24) is 5.43 Å². The van der Waals surface area contributed by atoms with E-state index < -0.39 is 11.9 Å². The minimum Gasteiger partial charge on any atom is -0.494 e. The fourth-order valence-corrected chi connectivity index (χ4v) is 3.28. The number of nitrogens with one attached hydrogen (secondary N) is 1. The van der Waals surface area contributed by atoms with Crippen molar-refractivity contribution in [1.29, 1.82) is 0 Å². The summed E-state index contributed by atoms with van der Waals surface area (Å²) < 4.78 is 22.1. The van der Waals surface area contributed by atoms with Gasteiger partial charge in [-0.1, -0.05) is 26.0 Å². The zero-order valence-electron chi connectivity index (χ0n) is 21.5. The highest BCUT2D eigenvalue weighted by Gasteiger charge is 2.13. The van der Waals surface area contributed by atoms with Crippen molar-refractivity contribution in [2.75, 3.05) is 19.8 Å². The summed E-state index contributed by atoms with van der Waals surface area (Å²) in [4.78, 5) is 24.7. The number of amides is 1. The molecule has 0 aliphatic rings. The van der Waals surface area contributed by atoms with Crippen LogP contribution in [0.5, 0.6) is 23.0 Å². The van der Waals surface area contributed by atoms with E-state index in [-0.39, 0.29) is 12.4 Å². The Balaban J connectivity index is 1.56. The number of rotatable bonds is 12. The molecule has 0 spiro atoms. The Labute approximate surface area is 217 Å². The SMILES string of the molecule is CCOc1ccc(C(=O)Oc2ccc(/C=N/NC(=O)COc3ccc(C(C)C)cc3)cc2OCC)cc1. The van der Waals surface area contributed by atoms with E-state index in [0.717, 1.165) is 0 Å². The number of hydrazone groups is 1. The van der Waals surface area contributed by atoms with Gasteiger partial charge in [0, 0.05) is 0 Å². The van der Waals surface area contributed by atoms with Crippen molar-refractivity contribution >= 4 is 18.1 Å². The van der Waals surface area contributed by atoms with Crippen LogP contribution in [0.2, 0.25) is 0 Å². The first-order valence-corrected chi connectivity index (χ1v) is 12.2. The molecule has 194 valence electrons. The van der Waals surface area contributed by atoms with Gasteiger partial charge in [-0.05, 0) is 85.5 Å². The van der Waals surface area contributed by atoms with Crippen LogP contribution in [-0.4, -0.2) is 37.9 Å². The topological polar surface area (TPSA) is 95.5 Å². The van der Waals surface area contributed by atoms with Gasteiger partial charge >= 0.3 is 5.97 Å². The average molecular weight is 505 g/mol. The van der Waals surface area contributed by atoms with Gasteiger partial charge in [0.2, 0.25) is 0 Å². The molecule has 0 saturated heterocycles. The van der Waals surface area contributed by atoms with E-state index in [9.17, 15) is 9.59 Å². The van der Waals surface area contributed by atoms with E-state index in [1.54, 1.807) is 42.5 Å². The van der Waals surface area contributed by atoms with Crippen LogP contribution in [0, 0.1) is 0 Å². The van der Waals surface area contributed by atoms with Gasteiger partial charge in [-0.2, -0.15) is 5.10 Å². The molecule has 0 unspecified atom stereocenters. The lowest BCUT2D eigenvalue weighted by Crippen LogP contribution is -2.24. The molecule has 0 aliphatic heterocycles. The monoisotopic (exact) mass is 504 g/mol. The number of ether oxygens (including phenoxy) is 4. The van der Waals surface area contributed by atoms with Crippen molar-refractivity contribution in [3.05, 3.63) is 83.4 Å². The third kappa shape index (κ3) is 8.38. The summed E-state index contributed by atoms with van der Waals surface area (Å²) in [5, 5.41) is 3.97. The zero-order valence-corrected chi connectivity index (χ0v) is 21.5. The van der Waals surface area contributed by atoms with Crippen molar-refractivity contribution in [3.8, 4) is 23.0 Å². The largest absolute Gasteiger partial charge is 0.494 e. The molecule has 3 rings (SSSR count). The van der Waals surface area contributed by atoms with Gasteiger partial charge < -0.3 is 18.9 Å². The normalized spacial score (nSPS) is 10.8. The Morgan fingerprint density at radius 1 is 0.838 bits per heavy atom. The molecule has 0 aliphatic carbocycles. The lowest BCUT2D eigenvalue weighted by molar-refractivity contribution is -0.123. The Kier molecular flexibility index (Phi) is 10.1. The summed E-state index contributed by atoms with van der Waals surface area (Å²) in [5.41, 5.74) is 4.67. The lowest BCUT2D eigenvalue weighted by atomic mass is 10.0. The van der Waals surface area contributed by atoms with Crippen LogP contribution in [0.3, 0.4) is 0 Å². The molecule has 0 bridgehead atoms. The highest BCUT2D eigenvalue weighted by molar-refractivity contribution is 5.92. The summed E-state index contributed by atoms with van der Waals surface area (Å²) in [6.45, 7) is 8.70. The first-order valence-electron chi connectivity index (χ1n) is 12.2. The van der Waals surface area contributed by atoms with Crippen molar-refractivity contribution < 1.29 is 28.5 Å². The van der Waals surface area contributed by atoms with Crippen LogP contribution in [0.4, 0.5) is 0 Å². The van der Waals surface area contributed by atoms with Crippen LogP contribution >= 0.6 is 0 Å². The highest BCUT2D eigenvalue weighted by atomic mass is 16.6. The molecule has 0 saturated carbocycles. The first-order chi connectivity index (χ1) is 17.9.